The van der Waals surface area contributed by atoms with E-state index in [2.05, 4.69) is 15.0 Å². The molecule has 0 radical (unpaired) electrons. The average molecular weight is 357 g/mol. The molecule has 1 aromatic heterocycles. The highest BCUT2D eigenvalue weighted by atomic mass is 32.2. The molecule has 8 heteroatoms. The number of aliphatic carboxylic acids is 1. The average Bonchev–Trinajstić information content (AvgIpc) is 2.51. The number of nitrogens with one attached hydrogen (secondary N) is 2. The lowest BCUT2D eigenvalue weighted by atomic mass is 9.98. The van der Waals surface area contributed by atoms with Gasteiger partial charge in [0.1, 0.15) is 10.7 Å². The number of hydrogen-bond acceptors (Lipinski definition) is 5. The van der Waals surface area contributed by atoms with E-state index in [0.29, 0.717) is 12.2 Å². The first kappa shape index (κ1) is 20.4. The van der Waals surface area contributed by atoms with Crippen LogP contribution in [0.3, 0.4) is 0 Å². The summed E-state index contributed by atoms with van der Waals surface area (Å²) >= 11 is 0. The molecule has 24 heavy (non-hydrogen) atoms. The van der Waals surface area contributed by atoms with Crippen molar-refractivity contribution in [3.05, 3.63) is 18.3 Å². The number of sulfonamides is 1. The fourth-order valence-corrected chi connectivity index (χ4v) is 3.53. The second kappa shape index (κ2) is 8.43. The molecule has 0 aliphatic heterocycles. The summed E-state index contributed by atoms with van der Waals surface area (Å²) in [6.45, 7) is 7.61. The fraction of sp³-hybridized carbons (Fsp3) is 0.625. The van der Waals surface area contributed by atoms with Gasteiger partial charge in [-0.1, -0.05) is 13.8 Å². The molecular weight excluding hydrogens is 330 g/mol. The number of hydrogen-bond donors (Lipinski definition) is 3. The molecule has 1 heterocycles. The van der Waals surface area contributed by atoms with Crippen molar-refractivity contribution in [2.75, 3.05) is 5.32 Å². The quantitative estimate of drug-likeness (QED) is 0.594. The van der Waals surface area contributed by atoms with Crippen LogP contribution in [0, 0.1) is 0 Å². The van der Waals surface area contributed by atoms with Crippen LogP contribution in [0.5, 0.6) is 0 Å². The SMILES string of the molecule is CCC(CC)NS(=O)(=O)c1ccc(NC(C)(C)CCC(=O)O)nc1. The molecule has 0 aliphatic carbocycles. The Morgan fingerprint density at radius 2 is 1.92 bits per heavy atom. The first-order valence-electron chi connectivity index (χ1n) is 8.08. The van der Waals surface area contributed by atoms with E-state index in [1.54, 1.807) is 6.07 Å². The van der Waals surface area contributed by atoms with Crippen molar-refractivity contribution < 1.29 is 18.3 Å². The second-order valence-electron chi connectivity index (χ2n) is 6.42. The number of pyridine rings is 1. The minimum atomic E-state index is -3.58. The third-order valence-electron chi connectivity index (χ3n) is 3.78. The monoisotopic (exact) mass is 357 g/mol. The van der Waals surface area contributed by atoms with Crippen LogP contribution in [0.25, 0.3) is 0 Å². The van der Waals surface area contributed by atoms with Crippen LogP contribution >= 0.6 is 0 Å². The van der Waals surface area contributed by atoms with Gasteiger partial charge in [-0.05, 0) is 45.2 Å². The molecule has 1 rings (SSSR count). The number of rotatable bonds is 10. The van der Waals surface area contributed by atoms with E-state index in [9.17, 15) is 13.2 Å². The van der Waals surface area contributed by atoms with Crippen molar-refractivity contribution in [2.24, 2.45) is 0 Å². The Morgan fingerprint density at radius 1 is 1.29 bits per heavy atom. The maximum absolute atomic E-state index is 12.3. The van der Waals surface area contributed by atoms with Crippen molar-refractivity contribution >= 4 is 21.8 Å². The van der Waals surface area contributed by atoms with E-state index in [-0.39, 0.29) is 17.4 Å². The molecule has 3 N–H and O–H groups in total. The lowest BCUT2D eigenvalue weighted by Gasteiger charge is -2.26. The Kier molecular flexibility index (Phi) is 7.16. The predicted molar refractivity (Wildman–Crippen MR) is 93.5 cm³/mol. The van der Waals surface area contributed by atoms with E-state index >= 15 is 0 Å². The molecule has 0 saturated heterocycles. The lowest BCUT2D eigenvalue weighted by Crippen LogP contribution is -2.34. The number of carboxylic acids is 1. The molecule has 0 unspecified atom stereocenters. The maximum atomic E-state index is 12.3. The zero-order valence-electron chi connectivity index (χ0n) is 14.7. The van der Waals surface area contributed by atoms with Gasteiger partial charge in [-0.2, -0.15) is 0 Å². The van der Waals surface area contributed by atoms with Crippen LogP contribution < -0.4 is 10.0 Å². The zero-order chi connectivity index (χ0) is 18.4. The Labute approximate surface area is 143 Å². The minimum Gasteiger partial charge on any atom is -0.481 e. The minimum absolute atomic E-state index is 0.0474. The van der Waals surface area contributed by atoms with Crippen LogP contribution in [0.4, 0.5) is 5.82 Å². The van der Waals surface area contributed by atoms with Gasteiger partial charge in [0.2, 0.25) is 10.0 Å². The van der Waals surface area contributed by atoms with Crippen molar-refractivity contribution in [3.8, 4) is 0 Å². The molecule has 0 atom stereocenters. The summed E-state index contributed by atoms with van der Waals surface area (Å²) in [5, 5.41) is 11.9. The van der Waals surface area contributed by atoms with Gasteiger partial charge < -0.3 is 10.4 Å². The topological polar surface area (TPSA) is 108 Å². The molecule has 0 amide bonds. The molecule has 1 aromatic rings. The molecule has 0 aliphatic rings. The largest absolute Gasteiger partial charge is 0.481 e. The van der Waals surface area contributed by atoms with Crippen molar-refractivity contribution in [1.82, 2.24) is 9.71 Å². The van der Waals surface area contributed by atoms with Gasteiger partial charge in [0.15, 0.2) is 0 Å². The number of anilines is 1. The van der Waals surface area contributed by atoms with E-state index in [0.717, 1.165) is 12.8 Å². The summed E-state index contributed by atoms with van der Waals surface area (Å²) in [5.41, 5.74) is -0.459. The van der Waals surface area contributed by atoms with E-state index in [1.165, 1.54) is 12.3 Å². The maximum Gasteiger partial charge on any atom is 0.303 e. The molecular formula is C16H27N3O4S. The predicted octanol–water partition coefficient (Wildman–Crippen LogP) is 2.60. The number of aromatic nitrogens is 1. The Bertz CT molecular complexity index is 638. The van der Waals surface area contributed by atoms with Crippen LogP contribution in [0.2, 0.25) is 0 Å². The fourth-order valence-electron chi connectivity index (χ4n) is 2.18. The van der Waals surface area contributed by atoms with Gasteiger partial charge in [0, 0.05) is 24.2 Å². The van der Waals surface area contributed by atoms with Gasteiger partial charge in [0.05, 0.1) is 0 Å². The third-order valence-corrected chi connectivity index (χ3v) is 5.29. The molecule has 0 saturated carbocycles. The smallest absolute Gasteiger partial charge is 0.303 e. The molecule has 7 nitrogen and oxygen atoms in total. The summed E-state index contributed by atoms with van der Waals surface area (Å²) in [4.78, 5) is 14.9. The second-order valence-corrected chi connectivity index (χ2v) is 8.13. The summed E-state index contributed by atoms with van der Waals surface area (Å²) in [7, 11) is -3.58. The molecule has 0 fully saturated rings. The lowest BCUT2D eigenvalue weighted by molar-refractivity contribution is -0.137. The van der Waals surface area contributed by atoms with Gasteiger partial charge in [0.25, 0.3) is 0 Å². The highest BCUT2D eigenvalue weighted by Gasteiger charge is 2.21. The Hall–Kier alpha value is -1.67. The van der Waals surface area contributed by atoms with E-state index in [4.69, 9.17) is 5.11 Å². The third kappa shape index (κ3) is 6.45. The summed E-state index contributed by atoms with van der Waals surface area (Å²) in [6, 6.07) is 2.99. The van der Waals surface area contributed by atoms with Crippen LogP contribution in [-0.2, 0) is 14.8 Å². The summed E-state index contributed by atoms with van der Waals surface area (Å²) < 4.78 is 27.3. The number of nitrogens with zero attached hydrogens (tertiary/aromatic N) is 1. The van der Waals surface area contributed by atoms with Crippen molar-refractivity contribution in [2.45, 2.75) is 69.9 Å². The van der Waals surface area contributed by atoms with Crippen molar-refractivity contribution in [3.63, 3.8) is 0 Å². The van der Waals surface area contributed by atoms with Gasteiger partial charge in [-0.15, -0.1) is 0 Å². The molecule has 0 spiro atoms. The molecule has 136 valence electrons. The van der Waals surface area contributed by atoms with E-state index in [1.807, 2.05) is 27.7 Å². The Morgan fingerprint density at radius 3 is 2.38 bits per heavy atom. The van der Waals surface area contributed by atoms with Gasteiger partial charge >= 0.3 is 5.97 Å². The van der Waals surface area contributed by atoms with Crippen LogP contribution in [0.15, 0.2) is 23.2 Å². The highest BCUT2D eigenvalue weighted by Crippen LogP contribution is 2.19. The normalized spacial score (nSPS) is 12.4. The molecule has 0 aromatic carbocycles. The Balaban J connectivity index is 2.80. The molecule has 0 bridgehead atoms. The van der Waals surface area contributed by atoms with Crippen molar-refractivity contribution in [1.29, 1.82) is 0 Å². The number of carbonyl (C=O) groups is 1. The zero-order valence-corrected chi connectivity index (χ0v) is 15.5. The highest BCUT2D eigenvalue weighted by molar-refractivity contribution is 7.89. The first-order valence-corrected chi connectivity index (χ1v) is 9.56. The van der Waals surface area contributed by atoms with Gasteiger partial charge in [-0.3, -0.25) is 4.79 Å². The summed E-state index contributed by atoms with van der Waals surface area (Å²) in [6.07, 6.45) is 3.23. The standard InChI is InChI=1S/C16H27N3O4S/c1-5-12(6-2)19-24(22,23)13-7-8-14(17-11-13)18-16(3,4)10-9-15(20)21/h7-8,11-12,19H,5-6,9-10H2,1-4H3,(H,17,18)(H,20,21). The van der Waals surface area contributed by atoms with Crippen LogP contribution in [0.1, 0.15) is 53.4 Å². The van der Waals surface area contributed by atoms with E-state index < -0.39 is 21.5 Å². The summed E-state index contributed by atoms with van der Waals surface area (Å²) in [5.74, 6) is -0.348. The first-order chi connectivity index (χ1) is 11.1. The number of carboxylic acid groups (broad SMARTS) is 1. The van der Waals surface area contributed by atoms with Crippen LogP contribution in [-0.4, -0.2) is 36.1 Å². The van der Waals surface area contributed by atoms with Gasteiger partial charge in [-0.25, -0.2) is 18.1 Å².